The number of nitrogens with zero attached hydrogens (tertiary/aromatic N) is 1. The Bertz CT molecular complexity index is 1420. The molecule has 2 aliphatic carbocycles. The number of hydrogen-bond donors (Lipinski definition) is 2. The highest BCUT2D eigenvalue weighted by atomic mass is 19.3. The molecule has 0 unspecified atom stereocenters. The van der Waals surface area contributed by atoms with Crippen LogP contribution in [0.3, 0.4) is 0 Å². The van der Waals surface area contributed by atoms with Gasteiger partial charge in [-0.15, -0.1) is 0 Å². The normalized spacial score (nSPS) is 19.0. The molecule has 0 saturated heterocycles. The Morgan fingerprint density at radius 1 is 0.973 bits per heavy atom. The van der Waals surface area contributed by atoms with Gasteiger partial charge in [-0.05, 0) is 73.6 Å². The maximum atomic E-state index is 14.0. The molecule has 2 saturated carbocycles. The van der Waals surface area contributed by atoms with Crippen LogP contribution in [0.25, 0.3) is 22.1 Å². The predicted octanol–water partition coefficient (Wildman–Crippen LogP) is 5.27. The minimum atomic E-state index is -2.91. The topological polar surface area (TPSA) is 104 Å². The van der Waals surface area contributed by atoms with E-state index in [9.17, 15) is 23.6 Å². The fraction of sp³-hybridized carbons (Fsp3) is 0.393. The van der Waals surface area contributed by atoms with Crippen LogP contribution >= 0.6 is 0 Å². The highest BCUT2D eigenvalue weighted by molar-refractivity contribution is 6.00. The van der Waals surface area contributed by atoms with Gasteiger partial charge in [0.05, 0.1) is 13.2 Å². The van der Waals surface area contributed by atoms with E-state index in [0.717, 1.165) is 22.4 Å². The maximum Gasteiger partial charge on any atom is 0.287 e. The van der Waals surface area contributed by atoms with Crippen LogP contribution in [-0.4, -0.2) is 35.9 Å². The number of fused-ring (bicyclic) bond motifs is 1. The molecule has 0 spiro atoms. The molecular formula is C28H27F2N3O4. The van der Waals surface area contributed by atoms with Crippen LogP contribution in [0.1, 0.15) is 54.6 Å². The first-order valence-corrected chi connectivity index (χ1v) is 12.2. The Labute approximate surface area is 212 Å². The van der Waals surface area contributed by atoms with Crippen molar-refractivity contribution in [2.45, 2.75) is 62.4 Å². The summed E-state index contributed by atoms with van der Waals surface area (Å²) in [4.78, 5) is 26.4. The summed E-state index contributed by atoms with van der Waals surface area (Å²) in [6.07, 6.45) is -0.555. The van der Waals surface area contributed by atoms with Crippen LogP contribution in [-0.2, 0) is 4.79 Å². The fourth-order valence-electron chi connectivity index (χ4n) is 4.84. The van der Waals surface area contributed by atoms with Crippen molar-refractivity contribution in [2.24, 2.45) is 0 Å². The molecule has 2 fully saturated rings. The molecule has 1 heterocycles. The van der Waals surface area contributed by atoms with Crippen LogP contribution in [0.2, 0.25) is 0 Å². The van der Waals surface area contributed by atoms with E-state index in [1.54, 1.807) is 13.2 Å². The van der Waals surface area contributed by atoms with Crippen molar-refractivity contribution in [2.75, 3.05) is 7.11 Å². The van der Waals surface area contributed by atoms with Gasteiger partial charge in [0.2, 0.25) is 11.8 Å². The highest BCUT2D eigenvalue weighted by Gasteiger charge is 2.53. The molecule has 0 atom stereocenters. The van der Waals surface area contributed by atoms with Crippen molar-refractivity contribution in [1.29, 1.82) is 5.26 Å². The van der Waals surface area contributed by atoms with Gasteiger partial charge in [-0.3, -0.25) is 9.59 Å². The van der Waals surface area contributed by atoms with Crippen LogP contribution in [0.15, 0.2) is 46.9 Å². The zero-order valence-electron chi connectivity index (χ0n) is 20.6. The number of rotatable bonds is 6. The molecule has 2 aromatic carbocycles. The lowest BCUT2D eigenvalue weighted by atomic mass is 9.78. The standard InChI is InChI=1S/C28H27F2N3O4/c1-17-13-18(5-6-21(17)36-2)19-3-4-20-15-23(37-22(20)14-19)24(34)32-27(9-11-28(29,30)12-10-27)25(35)33-26(16-31)7-8-26/h3-6,13-15H,7-12H2,1-2H3,(H,32,34)(H,33,35). The van der Waals surface area contributed by atoms with E-state index in [1.807, 2.05) is 43.3 Å². The monoisotopic (exact) mass is 507 g/mol. The zero-order valence-corrected chi connectivity index (χ0v) is 20.6. The molecule has 0 radical (unpaired) electrons. The lowest BCUT2D eigenvalue weighted by Crippen LogP contribution is -2.62. The number of carbonyl (C=O) groups excluding carboxylic acids is 2. The number of aryl methyl sites for hydroxylation is 1. The van der Waals surface area contributed by atoms with Crippen molar-refractivity contribution in [1.82, 2.24) is 10.6 Å². The number of carbonyl (C=O) groups is 2. The third-order valence-electron chi connectivity index (χ3n) is 7.41. The first-order valence-electron chi connectivity index (χ1n) is 12.2. The summed E-state index contributed by atoms with van der Waals surface area (Å²) in [7, 11) is 1.61. The van der Waals surface area contributed by atoms with Crippen LogP contribution in [0, 0.1) is 18.3 Å². The van der Waals surface area contributed by atoms with Crippen LogP contribution in [0.4, 0.5) is 8.78 Å². The average Bonchev–Trinajstić information content (AvgIpc) is 3.52. The molecule has 5 rings (SSSR count). The van der Waals surface area contributed by atoms with Gasteiger partial charge in [-0.2, -0.15) is 5.26 Å². The number of benzene rings is 2. The first kappa shape index (κ1) is 24.8. The molecule has 192 valence electrons. The van der Waals surface area contributed by atoms with Crippen molar-refractivity contribution in [3.8, 4) is 22.9 Å². The van der Waals surface area contributed by atoms with Gasteiger partial charge < -0.3 is 19.8 Å². The van der Waals surface area contributed by atoms with Crippen molar-refractivity contribution in [3.63, 3.8) is 0 Å². The van der Waals surface area contributed by atoms with Crippen LogP contribution < -0.4 is 15.4 Å². The molecule has 0 aliphatic heterocycles. The summed E-state index contributed by atoms with van der Waals surface area (Å²) >= 11 is 0. The van der Waals surface area contributed by atoms with Gasteiger partial charge in [0.25, 0.3) is 5.91 Å². The number of hydrogen-bond acceptors (Lipinski definition) is 5. The van der Waals surface area contributed by atoms with Gasteiger partial charge in [0.15, 0.2) is 5.76 Å². The van der Waals surface area contributed by atoms with E-state index in [0.29, 0.717) is 23.8 Å². The molecule has 9 heteroatoms. The molecule has 1 aromatic heterocycles. The number of furan rings is 1. The number of nitriles is 1. The van der Waals surface area contributed by atoms with Gasteiger partial charge in [0, 0.05) is 18.2 Å². The molecule has 2 aliphatic rings. The summed E-state index contributed by atoms with van der Waals surface area (Å²) in [5, 5.41) is 15.4. The van der Waals surface area contributed by atoms with Gasteiger partial charge in [-0.25, -0.2) is 8.78 Å². The number of amides is 2. The zero-order chi connectivity index (χ0) is 26.4. The highest BCUT2D eigenvalue weighted by Crippen LogP contribution is 2.41. The van der Waals surface area contributed by atoms with Gasteiger partial charge in [0.1, 0.15) is 22.4 Å². The second-order valence-corrected chi connectivity index (χ2v) is 10.1. The second-order valence-electron chi connectivity index (χ2n) is 10.1. The number of nitrogens with one attached hydrogen (secondary N) is 2. The molecule has 2 N–H and O–H groups in total. The maximum absolute atomic E-state index is 14.0. The summed E-state index contributed by atoms with van der Waals surface area (Å²) < 4.78 is 39.1. The fourth-order valence-corrected chi connectivity index (χ4v) is 4.84. The van der Waals surface area contributed by atoms with E-state index >= 15 is 0 Å². The third kappa shape index (κ3) is 4.76. The Morgan fingerprint density at radius 2 is 1.65 bits per heavy atom. The summed E-state index contributed by atoms with van der Waals surface area (Å²) in [6, 6.07) is 15.0. The molecule has 3 aromatic rings. The Kier molecular flexibility index (Phi) is 5.94. The number of alkyl halides is 2. The minimum Gasteiger partial charge on any atom is -0.496 e. The lowest BCUT2D eigenvalue weighted by molar-refractivity contribution is -0.133. The Morgan fingerprint density at radius 3 is 2.27 bits per heavy atom. The number of halogens is 2. The van der Waals surface area contributed by atoms with Gasteiger partial charge >= 0.3 is 0 Å². The lowest BCUT2D eigenvalue weighted by Gasteiger charge is -2.39. The SMILES string of the molecule is COc1ccc(-c2ccc3cc(C(=O)NC4(C(=O)NC5(C#N)CC5)CCC(F)(F)CC4)oc3c2)cc1C. The largest absolute Gasteiger partial charge is 0.496 e. The summed E-state index contributed by atoms with van der Waals surface area (Å²) in [5.41, 5.74) is 0.765. The van der Waals surface area contributed by atoms with E-state index in [4.69, 9.17) is 9.15 Å². The predicted molar refractivity (Wildman–Crippen MR) is 132 cm³/mol. The van der Waals surface area contributed by atoms with Crippen LogP contribution in [0.5, 0.6) is 5.75 Å². The smallest absolute Gasteiger partial charge is 0.287 e. The summed E-state index contributed by atoms with van der Waals surface area (Å²) in [6.45, 7) is 1.95. The van der Waals surface area contributed by atoms with E-state index < -0.39 is 41.7 Å². The molecular weight excluding hydrogens is 480 g/mol. The molecule has 2 amide bonds. The van der Waals surface area contributed by atoms with Crippen molar-refractivity contribution in [3.05, 3.63) is 53.8 Å². The van der Waals surface area contributed by atoms with Gasteiger partial charge in [-0.1, -0.05) is 18.2 Å². The molecule has 0 bridgehead atoms. The number of methoxy groups -OCH3 is 1. The Hall–Kier alpha value is -3.93. The third-order valence-corrected chi connectivity index (χ3v) is 7.41. The summed E-state index contributed by atoms with van der Waals surface area (Å²) in [5.74, 6) is -3.42. The van der Waals surface area contributed by atoms with E-state index in [2.05, 4.69) is 16.7 Å². The second kappa shape index (κ2) is 8.87. The minimum absolute atomic E-state index is 0.0241. The quantitative estimate of drug-likeness (QED) is 0.473. The van der Waals surface area contributed by atoms with E-state index in [1.165, 1.54) is 0 Å². The number of ether oxygens (including phenoxy) is 1. The molecule has 37 heavy (non-hydrogen) atoms. The first-order chi connectivity index (χ1) is 17.6. The van der Waals surface area contributed by atoms with Crippen molar-refractivity contribution < 1.29 is 27.5 Å². The molecule has 7 nitrogen and oxygen atoms in total. The van der Waals surface area contributed by atoms with Crippen molar-refractivity contribution >= 4 is 22.8 Å². The van der Waals surface area contributed by atoms with E-state index in [-0.39, 0.29) is 18.6 Å². The Balaban J connectivity index is 1.40. The average molecular weight is 508 g/mol.